The number of carbonyl (C=O) groups excluding carboxylic acids is 1. The van der Waals surface area contributed by atoms with Gasteiger partial charge in [-0.05, 0) is 42.0 Å². The summed E-state index contributed by atoms with van der Waals surface area (Å²) in [5.41, 5.74) is 3.57. The monoisotopic (exact) mass is 411 g/mol. The molecule has 6 nitrogen and oxygen atoms in total. The van der Waals surface area contributed by atoms with E-state index >= 15 is 0 Å². The van der Waals surface area contributed by atoms with Crippen molar-refractivity contribution in [3.05, 3.63) is 51.7 Å². The number of carbonyl (C=O) groups is 1. The van der Waals surface area contributed by atoms with E-state index < -0.39 is 0 Å². The quantitative estimate of drug-likeness (QED) is 0.505. The molecule has 2 aliphatic heterocycles. The molecule has 1 aromatic carbocycles. The zero-order chi connectivity index (χ0) is 20.1. The van der Waals surface area contributed by atoms with E-state index in [1.165, 1.54) is 11.1 Å². The molecule has 1 unspecified atom stereocenters. The molecule has 1 amide bonds. The van der Waals surface area contributed by atoms with Gasteiger partial charge in [0.1, 0.15) is 0 Å². The molecule has 3 N–H and O–H groups in total. The third-order valence-corrected chi connectivity index (χ3v) is 6.55. The number of aliphatic imine (C=N–C) groups is 1. The first-order valence-corrected chi connectivity index (χ1v) is 11.3. The summed E-state index contributed by atoms with van der Waals surface area (Å²) in [5, 5.41) is 11.9. The molecular formula is C22H29N5OS. The topological polar surface area (TPSA) is 68.8 Å². The molecule has 29 heavy (non-hydrogen) atoms. The molecule has 0 bridgehead atoms. The highest BCUT2D eigenvalue weighted by Crippen LogP contribution is 2.32. The Balaban J connectivity index is 1.32. The van der Waals surface area contributed by atoms with Crippen LogP contribution in [0.3, 0.4) is 0 Å². The van der Waals surface area contributed by atoms with Crippen molar-refractivity contribution in [2.75, 3.05) is 38.0 Å². The highest BCUT2D eigenvalue weighted by molar-refractivity contribution is 7.10. The van der Waals surface area contributed by atoms with E-state index in [1.54, 1.807) is 4.88 Å². The number of para-hydroxylation sites is 1. The molecule has 1 atom stereocenters. The largest absolute Gasteiger partial charge is 0.357 e. The minimum atomic E-state index is 0.0692. The Kier molecular flexibility index (Phi) is 6.46. The lowest BCUT2D eigenvalue weighted by Crippen LogP contribution is -2.42. The van der Waals surface area contributed by atoms with Crippen LogP contribution >= 0.6 is 11.3 Å². The van der Waals surface area contributed by atoms with E-state index in [2.05, 4.69) is 45.3 Å². The van der Waals surface area contributed by atoms with E-state index in [0.717, 1.165) is 50.8 Å². The van der Waals surface area contributed by atoms with Crippen LogP contribution in [0, 0.1) is 0 Å². The summed E-state index contributed by atoms with van der Waals surface area (Å²) in [5.74, 6) is 1.01. The van der Waals surface area contributed by atoms with Crippen molar-refractivity contribution in [2.24, 2.45) is 4.99 Å². The van der Waals surface area contributed by atoms with Gasteiger partial charge in [-0.2, -0.15) is 0 Å². The van der Waals surface area contributed by atoms with Crippen LogP contribution in [0.4, 0.5) is 5.69 Å². The maximum atomic E-state index is 12.0. The Morgan fingerprint density at radius 1 is 1.31 bits per heavy atom. The molecular weight excluding hydrogens is 382 g/mol. The summed E-state index contributed by atoms with van der Waals surface area (Å²) >= 11 is 1.88. The second-order valence-electron chi connectivity index (χ2n) is 7.58. The number of fused-ring (bicyclic) bond motifs is 2. The maximum Gasteiger partial charge on any atom is 0.225 e. The van der Waals surface area contributed by atoms with Gasteiger partial charge in [0.05, 0.1) is 6.54 Å². The van der Waals surface area contributed by atoms with Crippen LogP contribution < -0.4 is 16.0 Å². The number of amides is 1. The van der Waals surface area contributed by atoms with Crippen molar-refractivity contribution in [1.29, 1.82) is 0 Å². The minimum absolute atomic E-state index is 0.0692. The van der Waals surface area contributed by atoms with Gasteiger partial charge >= 0.3 is 0 Å². The lowest BCUT2D eigenvalue weighted by Gasteiger charge is -2.27. The molecule has 2 aliphatic rings. The van der Waals surface area contributed by atoms with Crippen molar-refractivity contribution in [3.63, 3.8) is 0 Å². The lowest BCUT2D eigenvalue weighted by atomic mass is 9.91. The number of thiophene rings is 1. The molecule has 0 spiro atoms. The van der Waals surface area contributed by atoms with Gasteiger partial charge in [0.15, 0.2) is 5.96 Å². The number of nitrogens with zero attached hydrogens (tertiary/aromatic N) is 2. The molecule has 0 fully saturated rings. The van der Waals surface area contributed by atoms with Crippen LogP contribution in [0.2, 0.25) is 0 Å². The van der Waals surface area contributed by atoms with E-state index in [4.69, 9.17) is 4.99 Å². The Morgan fingerprint density at radius 2 is 2.21 bits per heavy atom. The Hall–Kier alpha value is -2.38. The Labute approximate surface area is 176 Å². The fourth-order valence-electron chi connectivity index (χ4n) is 4.04. The SMILES string of the molecule is CCNC(=NCC1CC(=O)Nc2ccccc21)NCCN1CCc2sccc2C1. The zero-order valence-electron chi connectivity index (χ0n) is 16.9. The number of hydrogen-bond donors (Lipinski definition) is 3. The van der Waals surface area contributed by atoms with Gasteiger partial charge in [0.2, 0.25) is 5.91 Å². The van der Waals surface area contributed by atoms with E-state index in [0.29, 0.717) is 13.0 Å². The molecule has 1 aromatic heterocycles. The fourth-order valence-corrected chi connectivity index (χ4v) is 4.93. The van der Waals surface area contributed by atoms with Crippen LogP contribution in [-0.4, -0.2) is 49.5 Å². The van der Waals surface area contributed by atoms with Gasteiger partial charge in [-0.3, -0.25) is 14.7 Å². The lowest BCUT2D eigenvalue weighted by molar-refractivity contribution is -0.116. The minimum Gasteiger partial charge on any atom is -0.357 e. The normalized spacial score (nSPS) is 19.3. The zero-order valence-corrected chi connectivity index (χ0v) is 17.7. The highest BCUT2D eigenvalue weighted by atomic mass is 32.1. The van der Waals surface area contributed by atoms with Crippen molar-refractivity contribution >= 4 is 28.9 Å². The molecule has 7 heteroatoms. The van der Waals surface area contributed by atoms with Gasteiger partial charge in [0.25, 0.3) is 0 Å². The maximum absolute atomic E-state index is 12.0. The molecule has 2 aromatic rings. The Morgan fingerprint density at radius 3 is 3.10 bits per heavy atom. The summed E-state index contributed by atoms with van der Waals surface area (Å²) in [4.78, 5) is 20.8. The third-order valence-electron chi connectivity index (χ3n) is 5.53. The van der Waals surface area contributed by atoms with Crippen LogP contribution in [0.25, 0.3) is 0 Å². The fraction of sp³-hybridized carbons (Fsp3) is 0.455. The molecule has 0 saturated heterocycles. The molecule has 3 heterocycles. The summed E-state index contributed by atoms with van der Waals surface area (Å²) in [6.45, 7) is 7.50. The van der Waals surface area contributed by atoms with Crippen molar-refractivity contribution in [2.45, 2.75) is 32.2 Å². The van der Waals surface area contributed by atoms with E-state index in [9.17, 15) is 4.79 Å². The van der Waals surface area contributed by atoms with Crippen molar-refractivity contribution in [1.82, 2.24) is 15.5 Å². The van der Waals surface area contributed by atoms with Gasteiger partial charge in [-0.25, -0.2) is 0 Å². The first kappa shape index (κ1) is 19.9. The van der Waals surface area contributed by atoms with Crippen LogP contribution in [0.1, 0.15) is 35.3 Å². The van der Waals surface area contributed by atoms with Crippen LogP contribution in [0.15, 0.2) is 40.7 Å². The van der Waals surface area contributed by atoms with Crippen molar-refractivity contribution < 1.29 is 4.79 Å². The van der Waals surface area contributed by atoms with Gasteiger partial charge in [0, 0.05) is 55.6 Å². The number of rotatable bonds is 6. The number of nitrogens with one attached hydrogen (secondary N) is 3. The average molecular weight is 412 g/mol. The third kappa shape index (κ3) is 4.97. The second-order valence-corrected chi connectivity index (χ2v) is 8.58. The highest BCUT2D eigenvalue weighted by Gasteiger charge is 2.24. The first-order chi connectivity index (χ1) is 14.2. The van der Waals surface area contributed by atoms with Gasteiger partial charge in [-0.1, -0.05) is 18.2 Å². The second kappa shape index (κ2) is 9.41. The molecule has 0 saturated carbocycles. The number of benzene rings is 1. The average Bonchev–Trinajstić information content (AvgIpc) is 3.19. The summed E-state index contributed by atoms with van der Waals surface area (Å²) < 4.78 is 0. The predicted octanol–water partition coefficient (Wildman–Crippen LogP) is 2.79. The van der Waals surface area contributed by atoms with Crippen LogP contribution in [0.5, 0.6) is 0 Å². The van der Waals surface area contributed by atoms with Gasteiger partial charge < -0.3 is 16.0 Å². The summed E-state index contributed by atoms with van der Waals surface area (Å²) in [7, 11) is 0. The molecule has 0 aliphatic carbocycles. The first-order valence-electron chi connectivity index (χ1n) is 10.4. The van der Waals surface area contributed by atoms with Gasteiger partial charge in [-0.15, -0.1) is 11.3 Å². The summed E-state index contributed by atoms with van der Waals surface area (Å²) in [6, 6.07) is 10.3. The van der Waals surface area contributed by atoms with E-state index in [-0.39, 0.29) is 11.8 Å². The molecule has 4 rings (SSSR count). The number of guanidine groups is 1. The summed E-state index contributed by atoms with van der Waals surface area (Å²) in [6.07, 6.45) is 1.64. The Bertz CT molecular complexity index is 878. The number of anilines is 1. The predicted molar refractivity (Wildman–Crippen MR) is 120 cm³/mol. The standard InChI is InChI=1S/C22H29N5OS/c1-2-23-22(24-9-11-27-10-7-20-16(15-27)8-12-29-20)25-14-17-13-21(28)26-19-6-4-3-5-18(17)19/h3-6,8,12,17H,2,7,9-11,13-15H2,1H3,(H,26,28)(H2,23,24,25). The van der Waals surface area contributed by atoms with E-state index in [1.807, 2.05) is 29.5 Å². The molecule has 154 valence electrons. The smallest absolute Gasteiger partial charge is 0.225 e. The van der Waals surface area contributed by atoms with Crippen LogP contribution in [-0.2, 0) is 17.8 Å². The van der Waals surface area contributed by atoms with Crippen molar-refractivity contribution in [3.8, 4) is 0 Å². The molecule has 0 radical (unpaired) electrons. The number of hydrogen-bond acceptors (Lipinski definition) is 4.